The van der Waals surface area contributed by atoms with E-state index in [1.165, 1.54) is 25.1 Å². The number of aromatic nitrogens is 1. The number of pyridine rings is 1. The molecule has 0 bridgehead atoms. The summed E-state index contributed by atoms with van der Waals surface area (Å²) in [5.74, 6) is -0.285. The van der Waals surface area contributed by atoms with Crippen molar-refractivity contribution >= 4 is 0 Å². The normalized spacial score (nSPS) is 17.4. The van der Waals surface area contributed by atoms with Crippen molar-refractivity contribution in [3.63, 3.8) is 0 Å². The second-order valence-corrected chi connectivity index (χ2v) is 4.43. The molecular formula is C12H18FN3. The van der Waals surface area contributed by atoms with Gasteiger partial charge in [0, 0.05) is 25.2 Å². The van der Waals surface area contributed by atoms with Crippen molar-refractivity contribution in [2.24, 2.45) is 0 Å². The monoisotopic (exact) mass is 223 g/mol. The lowest BCUT2D eigenvalue weighted by atomic mass is 10.3. The van der Waals surface area contributed by atoms with Gasteiger partial charge in [0.2, 0.25) is 0 Å². The van der Waals surface area contributed by atoms with Crippen LogP contribution in [0.1, 0.15) is 25.5 Å². The van der Waals surface area contributed by atoms with E-state index in [1.807, 2.05) is 0 Å². The molecule has 1 aliphatic rings. The average molecular weight is 223 g/mol. The van der Waals surface area contributed by atoms with Gasteiger partial charge in [-0.1, -0.05) is 0 Å². The van der Waals surface area contributed by atoms with Crippen LogP contribution < -0.4 is 10.6 Å². The fourth-order valence-corrected chi connectivity index (χ4v) is 1.49. The van der Waals surface area contributed by atoms with Gasteiger partial charge in [-0.3, -0.25) is 4.98 Å². The topological polar surface area (TPSA) is 37.0 Å². The molecule has 1 unspecified atom stereocenters. The molecule has 2 rings (SSSR count). The molecular weight excluding hydrogens is 205 g/mol. The standard InChI is InChI=1S/C12H18FN3/c1-9(6-15-11-4-5-11)14-8-12-3-2-10(13)7-16-12/h2-3,7,9,11,14-15H,4-6,8H2,1H3. The van der Waals surface area contributed by atoms with E-state index in [9.17, 15) is 4.39 Å². The maximum atomic E-state index is 12.6. The summed E-state index contributed by atoms with van der Waals surface area (Å²) in [6, 6.07) is 4.31. The molecule has 1 saturated carbocycles. The third-order valence-corrected chi connectivity index (χ3v) is 2.71. The molecule has 0 amide bonds. The molecule has 1 aliphatic carbocycles. The van der Waals surface area contributed by atoms with Gasteiger partial charge in [0.05, 0.1) is 11.9 Å². The van der Waals surface area contributed by atoms with Gasteiger partial charge in [-0.2, -0.15) is 0 Å². The van der Waals surface area contributed by atoms with Crippen LogP contribution in [0.5, 0.6) is 0 Å². The molecule has 0 aliphatic heterocycles. The summed E-state index contributed by atoms with van der Waals surface area (Å²) < 4.78 is 12.6. The van der Waals surface area contributed by atoms with E-state index in [-0.39, 0.29) is 5.82 Å². The van der Waals surface area contributed by atoms with Crippen molar-refractivity contribution in [3.05, 3.63) is 29.8 Å². The largest absolute Gasteiger partial charge is 0.312 e. The Morgan fingerprint density at radius 2 is 2.31 bits per heavy atom. The fraction of sp³-hybridized carbons (Fsp3) is 0.583. The highest BCUT2D eigenvalue weighted by Crippen LogP contribution is 2.18. The molecule has 0 aromatic carbocycles. The maximum Gasteiger partial charge on any atom is 0.141 e. The first-order valence-corrected chi connectivity index (χ1v) is 5.81. The van der Waals surface area contributed by atoms with E-state index in [0.717, 1.165) is 18.3 Å². The minimum atomic E-state index is -0.285. The van der Waals surface area contributed by atoms with Crippen LogP contribution >= 0.6 is 0 Å². The third-order valence-electron chi connectivity index (χ3n) is 2.71. The zero-order valence-corrected chi connectivity index (χ0v) is 9.54. The molecule has 88 valence electrons. The zero-order valence-electron chi connectivity index (χ0n) is 9.54. The molecule has 3 nitrogen and oxygen atoms in total. The summed E-state index contributed by atoms with van der Waals surface area (Å²) in [6.45, 7) is 3.80. The summed E-state index contributed by atoms with van der Waals surface area (Å²) in [5.41, 5.74) is 0.875. The maximum absolute atomic E-state index is 12.6. The van der Waals surface area contributed by atoms with Crippen molar-refractivity contribution < 1.29 is 4.39 Å². The Morgan fingerprint density at radius 3 is 2.94 bits per heavy atom. The van der Waals surface area contributed by atoms with Crippen LogP contribution in [0.2, 0.25) is 0 Å². The van der Waals surface area contributed by atoms with Crippen LogP contribution in [0.3, 0.4) is 0 Å². The number of rotatable bonds is 6. The molecule has 1 atom stereocenters. The lowest BCUT2D eigenvalue weighted by Crippen LogP contribution is -2.36. The predicted molar refractivity (Wildman–Crippen MR) is 61.5 cm³/mol. The van der Waals surface area contributed by atoms with Gasteiger partial charge in [0.25, 0.3) is 0 Å². The summed E-state index contributed by atoms with van der Waals surface area (Å²) in [6.07, 6.45) is 3.88. The number of hydrogen-bond donors (Lipinski definition) is 2. The lowest BCUT2D eigenvalue weighted by molar-refractivity contribution is 0.496. The number of nitrogens with zero attached hydrogens (tertiary/aromatic N) is 1. The minimum Gasteiger partial charge on any atom is -0.312 e. The second-order valence-electron chi connectivity index (χ2n) is 4.43. The predicted octanol–water partition coefficient (Wildman–Crippen LogP) is 1.45. The molecule has 0 radical (unpaired) electrons. The molecule has 16 heavy (non-hydrogen) atoms. The van der Waals surface area contributed by atoms with Crippen LogP contribution in [0.4, 0.5) is 4.39 Å². The van der Waals surface area contributed by atoms with Crippen LogP contribution in [-0.2, 0) is 6.54 Å². The van der Waals surface area contributed by atoms with E-state index >= 15 is 0 Å². The summed E-state index contributed by atoms with van der Waals surface area (Å²) in [4.78, 5) is 4.00. The molecule has 4 heteroatoms. The Labute approximate surface area is 95.5 Å². The highest BCUT2D eigenvalue weighted by Gasteiger charge is 2.20. The highest BCUT2D eigenvalue weighted by molar-refractivity contribution is 5.05. The summed E-state index contributed by atoms with van der Waals surface area (Å²) in [5, 5.41) is 6.81. The van der Waals surface area contributed by atoms with Gasteiger partial charge < -0.3 is 10.6 Å². The van der Waals surface area contributed by atoms with Gasteiger partial charge in [0.15, 0.2) is 0 Å². The first-order chi connectivity index (χ1) is 7.74. The zero-order chi connectivity index (χ0) is 11.4. The van der Waals surface area contributed by atoms with Crippen molar-refractivity contribution in [2.45, 2.75) is 38.4 Å². The number of nitrogens with one attached hydrogen (secondary N) is 2. The van der Waals surface area contributed by atoms with Gasteiger partial charge in [-0.05, 0) is 31.9 Å². The second kappa shape index (κ2) is 5.37. The molecule has 0 saturated heterocycles. The Bertz CT molecular complexity index is 322. The quantitative estimate of drug-likeness (QED) is 0.766. The van der Waals surface area contributed by atoms with E-state index in [4.69, 9.17) is 0 Å². The number of hydrogen-bond acceptors (Lipinski definition) is 3. The highest BCUT2D eigenvalue weighted by atomic mass is 19.1. The van der Waals surface area contributed by atoms with Gasteiger partial charge in [-0.15, -0.1) is 0 Å². The van der Waals surface area contributed by atoms with Crippen LogP contribution in [-0.4, -0.2) is 23.6 Å². The van der Waals surface area contributed by atoms with E-state index < -0.39 is 0 Å². The van der Waals surface area contributed by atoms with E-state index in [0.29, 0.717) is 12.6 Å². The smallest absolute Gasteiger partial charge is 0.141 e. The van der Waals surface area contributed by atoms with Crippen molar-refractivity contribution in [2.75, 3.05) is 6.54 Å². The van der Waals surface area contributed by atoms with Crippen molar-refractivity contribution in [1.82, 2.24) is 15.6 Å². The van der Waals surface area contributed by atoms with Crippen LogP contribution in [0.25, 0.3) is 0 Å². The van der Waals surface area contributed by atoms with Crippen molar-refractivity contribution in [1.29, 1.82) is 0 Å². The molecule has 1 heterocycles. The first-order valence-electron chi connectivity index (χ1n) is 5.81. The molecule has 1 aromatic rings. The molecule has 1 aromatic heterocycles. The Kier molecular flexibility index (Phi) is 3.85. The fourth-order valence-electron chi connectivity index (χ4n) is 1.49. The van der Waals surface area contributed by atoms with Gasteiger partial charge in [-0.25, -0.2) is 4.39 Å². The Balaban J connectivity index is 1.67. The average Bonchev–Trinajstić information content (AvgIpc) is 3.09. The van der Waals surface area contributed by atoms with Crippen molar-refractivity contribution in [3.8, 4) is 0 Å². The molecule has 1 fully saturated rings. The van der Waals surface area contributed by atoms with Crippen LogP contribution in [0, 0.1) is 5.82 Å². The lowest BCUT2D eigenvalue weighted by Gasteiger charge is -2.14. The Hall–Kier alpha value is -1.00. The third kappa shape index (κ3) is 3.87. The summed E-state index contributed by atoms with van der Waals surface area (Å²) >= 11 is 0. The molecule has 2 N–H and O–H groups in total. The van der Waals surface area contributed by atoms with E-state index in [2.05, 4.69) is 22.5 Å². The SMILES string of the molecule is CC(CNC1CC1)NCc1ccc(F)cn1. The van der Waals surface area contributed by atoms with Crippen LogP contribution in [0.15, 0.2) is 18.3 Å². The number of halogens is 1. The minimum absolute atomic E-state index is 0.285. The summed E-state index contributed by atoms with van der Waals surface area (Å²) in [7, 11) is 0. The van der Waals surface area contributed by atoms with Gasteiger partial charge in [0.1, 0.15) is 5.82 Å². The first kappa shape index (κ1) is 11.5. The Morgan fingerprint density at radius 1 is 1.50 bits per heavy atom. The molecule has 0 spiro atoms. The van der Waals surface area contributed by atoms with Gasteiger partial charge >= 0.3 is 0 Å². The van der Waals surface area contributed by atoms with E-state index in [1.54, 1.807) is 6.07 Å².